The summed E-state index contributed by atoms with van der Waals surface area (Å²) < 4.78 is 30.1. The van der Waals surface area contributed by atoms with Gasteiger partial charge in [0.15, 0.2) is 0 Å². The van der Waals surface area contributed by atoms with Gasteiger partial charge in [0, 0.05) is 7.05 Å². The van der Waals surface area contributed by atoms with Crippen molar-refractivity contribution >= 4 is 0 Å². The summed E-state index contributed by atoms with van der Waals surface area (Å²) in [6, 6.07) is 0. The number of aryl methyl sites for hydroxylation is 1. The first-order valence-corrected chi connectivity index (χ1v) is 2.58. The molecular weight excluding hydrogens is 142 g/mol. The molecule has 1 aromatic heterocycles. The van der Waals surface area contributed by atoms with E-state index in [1.807, 2.05) is 0 Å². The molecule has 0 atom stereocenters. The lowest BCUT2D eigenvalue weighted by atomic mass is 10.6. The van der Waals surface area contributed by atoms with Gasteiger partial charge in [-0.2, -0.15) is 8.78 Å². The van der Waals surface area contributed by atoms with Crippen molar-refractivity contribution in [1.29, 1.82) is 0 Å². The van der Waals surface area contributed by atoms with Gasteiger partial charge in [-0.3, -0.25) is 0 Å². The van der Waals surface area contributed by atoms with Gasteiger partial charge in [0.2, 0.25) is 5.82 Å². The molecule has 1 rings (SSSR count). The molecule has 0 spiro atoms. The SMILES string of the molecule is COc1c(F)c(F)nn1C. The third-order valence-corrected chi connectivity index (χ3v) is 1.09. The van der Waals surface area contributed by atoms with Crippen molar-refractivity contribution < 1.29 is 13.5 Å². The van der Waals surface area contributed by atoms with Gasteiger partial charge in [-0.15, -0.1) is 5.10 Å². The van der Waals surface area contributed by atoms with Crippen LogP contribution in [0.15, 0.2) is 0 Å². The Morgan fingerprint density at radius 1 is 1.50 bits per heavy atom. The van der Waals surface area contributed by atoms with Gasteiger partial charge in [-0.25, -0.2) is 4.68 Å². The maximum absolute atomic E-state index is 12.4. The molecule has 0 aliphatic carbocycles. The highest BCUT2D eigenvalue weighted by atomic mass is 19.2. The van der Waals surface area contributed by atoms with Crippen LogP contribution >= 0.6 is 0 Å². The second-order valence-corrected chi connectivity index (χ2v) is 1.74. The summed E-state index contributed by atoms with van der Waals surface area (Å²) in [6.45, 7) is 0. The summed E-state index contributed by atoms with van der Waals surface area (Å²) in [4.78, 5) is 0. The first-order chi connectivity index (χ1) is 4.66. The lowest BCUT2D eigenvalue weighted by Gasteiger charge is -1.96. The minimum atomic E-state index is -1.14. The van der Waals surface area contributed by atoms with Gasteiger partial charge in [-0.05, 0) is 0 Å². The molecule has 10 heavy (non-hydrogen) atoms. The smallest absolute Gasteiger partial charge is 0.272 e. The van der Waals surface area contributed by atoms with E-state index in [1.165, 1.54) is 14.2 Å². The van der Waals surface area contributed by atoms with E-state index in [0.29, 0.717) is 0 Å². The molecule has 0 radical (unpaired) electrons. The summed E-state index contributed by atoms with van der Waals surface area (Å²) in [5, 5.41) is 3.13. The normalized spacial score (nSPS) is 10.0. The minimum absolute atomic E-state index is 0.197. The number of ether oxygens (including phenoxy) is 1. The zero-order chi connectivity index (χ0) is 7.72. The quantitative estimate of drug-likeness (QED) is 0.586. The molecule has 1 aromatic rings. The van der Waals surface area contributed by atoms with Gasteiger partial charge in [0.1, 0.15) is 0 Å². The lowest BCUT2D eigenvalue weighted by molar-refractivity contribution is 0.350. The molecule has 0 bridgehead atoms. The summed E-state index contributed by atoms with van der Waals surface area (Å²) in [5.41, 5.74) is 0. The number of hydrogen-bond donors (Lipinski definition) is 0. The Labute approximate surface area is 56.2 Å². The molecule has 5 heteroatoms. The van der Waals surface area contributed by atoms with Gasteiger partial charge in [-0.1, -0.05) is 0 Å². The van der Waals surface area contributed by atoms with Crippen molar-refractivity contribution in [1.82, 2.24) is 9.78 Å². The number of methoxy groups -OCH3 is 1. The highest BCUT2D eigenvalue weighted by Gasteiger charge is 2.15. The minimum Gasteiger partial charge on any atom is -0.479 e. The molecule has 0 aliphatic heterocycles. The second-order valence-electron chi connectivity index (χ2n) is 1.74. The van der Waals surface area contributed by atoms with Gasteiger partial charge >= 0.3 is 0 Å². The fraction of sp³-hybridized carbons (Fsp3) is 0.400. The number of aromatic nitrogens is 2. The van der Waals surface area contributed by atoms with Gasteiger partial charge < -0.3 is 4.74 Å². The average molecular weight is 148 g/mol. The monoisotopic (exact) mass is 148 g/mol. The third-order valence-electron chi connectivity index (χ3n) is 1.09. The van der Waals surface area contributed by atoms with Gasteiger partial charge in [0.25, 0.3) is 11.8 Å². The molecule has 0 unspecified atom stereocenters. The zero-order valence-corrected chi connectivity index (χ0v) is 5.56. The maximum Gasteiger partial charge on any atom is 0.272 e. The largest absolute Gasteiger partial charge is 0.479 e. The van der Waals surface area contributed by atoms with Crippen molar-refractivity contribution in [2.45, 2.75) is 0 Å². The van der Waals surface area contributed by atoms with Crippen molar-refractivity contribution in [2.24, 2.45) is 7.05 Å². The summed E-state index contributed by atoms with van der Waals surface area (Å²) >= 11 is 0. The van der Waals surface area contributed by atoms with Crippen molar-refractivity contribution in [3.63, 3.8) is 0 Å². The van der Waals surface area contributed by atoms with Crippen LogP contribution in [-0.4, -0.2) is 16.9 Å². The van der Waals surface area contributed by atoms with E-state index < -0.39 is 11.8 Å². The van der Waals surface area contributed by atoms with E-state index in [0.717, 1.165) is 4.68 Å². The van der Waals surface area contributed by atoms with E-state index in [9.17, 15) is 8.78 Å². The highest BCUT2D eigenvalue weighted by Crippen LogP contribution is 2.16. The Kier molecular flexibility index (Phi) is 1.57. The van der Waals surface area contributed by atoms with Crippen LogP contribution in [0.5, 0.6) is 5.88 Å². The number of nitrogens with zero attached hydrogens (tertiary/aromatic N) is 2. The highest BCUT2D eigenvalue weighted by molar-refractivity contribution is 5.11. The summed E-state index contributed by atoms with van der Waals surface area (Å²) in [7, 11) is 2.64. The third kappa shape index (κ3) is 0.832. The Balaban J connectivity index is 3.20. The van der Waals surface area contributed by atoms with E-state index in [4.69, 9.17) is 0 Å². The molecule has 0 aliphatic rings. The Morgan fingerprint density at radius 2 is 2.10 bits per heavy atom. The molecule has 0 saturated carbocycles. The number of hydrogen-bond acceptors (Lipinski definition) is 2. The molecule has 0 saturated heterocycles. The standard InChI is InChI=1S/C5H6F2N2O/c1-9-5(10-2)3(6)4(7)8-9/h1-2H3. The Hall–Kier alpha value is -1.13. The van der Waals surface area contributed by atoms with Crippen LogP contribution in [0.25, 0.3) is 0 Å². The molecule has 0 amide bonds. The first kappa shape index (κ1) is 6.98. The van der Waals surface area contributed by atoms with Crippen molar-refractivity contribution in [3.05, 3.63) is 11.8 Å². The summed E-state index contributed by atoms with van der Waals surface area (Å²) in [5.74, 6) is -2.39. The number of halogens is 2. The van der Waals surface area contributed by atoms with Crippen LogP contribution in [0.3, 0.4) is 0 Å². The maximum atomic E-state index is 12.4. The fourth-order valence-corrected chi connectivity index (χ4v) is 0.673. The second kappa shape index (κ2) is 2.24. The van der Waals surface area contributed by atoms with E-state index in [1.54, 1.807) is 0 Å². The lowest BCUT2D eigenvalue weighted by Crippen LogP contribution is -1.95. The average Bonchev–Trinajstić information content (AvgIpc) is 2.09. The molecule has 3 nitrogen and oxygen atoms in total. The zero-order valence-electron chi connectivity index (χ0n) is 5.56. The van der Waals surface area contributed by atoms with E-state index in [2.05, 4.69) is 9.84 Å². The molecule has 56 valence electrons. The topological polar surface area (TPSA) is 27.1 Å². The van der Waals surface area contributed by atoms with Crippen molar-refractivity contribution in [3.8, 4) is 5.88 Å². The molecular formula is C5H6F2N2O. The fourth-order valence-electron chi connectivity index (χ4n) is 0.673. The Morgan fingerprint density at radius 3 is 2.30 bits per heavy atom. The first-order valence-electron chi connectivity index (χ1n) is 2.58. The van der Waals surface area contributed by atoms with Crippen LogP contribution in [0, 0.1) is 11.8 Å². The van der Waals surface area contributed by atoms with Crippen LogP contribution in [0.2, 0.25) is 0 Å². The van der Waals surface area contributed by atoms with Crippen molar-refractivity contribution in [2.75, 3.05) is 7.11 Å². The van der Waals surface area contributed by atoms with E-state index in [-0.39, 0.29) is 5.88 Å². The van der Waals surface area contributed by atoms with E-state index >= 15 is 0 Å². The predicted octanol–water partition coefficient (Wildman–Crippen LogP) is 0.707. The molecule has 0 N–H and O–H groups in total. The van der Waals surface area contributed by atoms with Crippen LogP contribution in [0.1, 0.15) is 0 Å². The van der Waals surface area contributed by atoms with Gasteiger partial charge in [0.05, 0.1) is 7.11 Å². The van der Waals surface area contributed by atoms with Crippen LogP contribution in [-0.2, 0) is 7.05 Å². The summed E-state index contributed by atoms with van der Waals surface area (Å²) in [6.07, 6.45) is 0. The van der Waals surface area contributed by atoms with Crippen LogP contribution in [0.4, 0.5) is 8.78 Å². The molecule has 1 heterocycles. The Bertz CT molecular complexity index is 246. The molecule has 0 aromatic carbocycles. The van der Waals surface area contributed by atoms with Crippen LogP contribution < -0.4 is 4.74 Å². The predicted molar refractivity (Wildman–Crippen MR) is 29.7 cm³/mol. The number of rotatable bonds is 1. The molecule has 0 fully saturated rings.